The summed E-state index contributed by atoms with van der Waals surface area (Å²) in [6.07, 6.45) is 8.89. The van der Waals surface area contributed by atoms with E-state index >= 15 is 0 Å². The third kappa shape index (κ3) is 4.45. The van der Waals surface area contributed by atoms with Crippen LogP contribution in [0.1, 0.15) is 66.7 Å². The predicted octanol–water partition coefficient (Wildman–Crippen LogP) is 4.71. The van der Waals surface area contributed by atoms with Gasteiger partial charge >= 0.3 is 0 Å². The smallest absolute Gasteiger partial charge is 0.0276 e. The van der Waals surface area contributed by atoms with Gasteiger partial charge < -0.3 is 5.32 Å². The summed E-state index contributed by atoms with van der Waals surface area (Å²) in [5.74, 6) is 0.873. The molecule has 2 atom stereocenters. The molecule has 0 amide bonds. The van der Waals surface area contributed by atoms with Gasteiger partial charge in [-0.3, -0.25) is 0 Å². The lowest BCUT2D eigenvalue weighted by atomic mass is 9.70. The molecule has 2 heteroatoms. The van der Waals surface area contributed by atoms with Gasteiger partial charge in [0.1, 0.15) is 0 Å². The van der Waals surface area contributed by atoms with Crippen LogP contribution in [0.15, 0.2) is 0 Å². The zero-order chi connectivity index (χ0) is 13.8. The topological polar surface area (TPSA) is 12.0 Å². The average molecular weight is 272 g/mol. The molecule has 0 radical (unpaired) electrons. The molecule has 1 aliphatic rings. The molecule has 1 saturated carbocycles. The van der Waals surface area contributed by atoms with Crippen LogP contribution in [0.2, 0.25) is 0 Å². The van der Waals surface area contributed by atoms with Crippen molar-refractivity contribution in [2.24, 2.45) is 11.3 Å². The lowest BCUT2D eigenvalue weighted by Crippen LogP contribution is -2.46. The highest BCUT2D eigenvalue weighted by molar-refractivity contribution is 8.00. The van der Waals surface area contributed by atoms with Gasteiger partial charge in [-0.2, -0.15) is 11.8 Å². The molecule has 0 saturated heterocycles. The Hall–Kier alpha value is 0.310. The molecule has 1 fully saturated rings. The van der Waals surface area contributed by atoms with Crippen LogP contribution in [0.25, 0.3) is 0 Å². The van der Waals surface area contributed by atoms with Gasteiger partial charge in [-0.1, -0.05) is 34.6 Å². The Kier molecular flexibility index (Phi) is 6.05. The molecule has 0 spiro atoms. The van der Waals surface area contributed by atoms with Crippen LogP contribution >= 0.6 is 11.8 Å². The molecule has 2 unspecified atom stereocenters. The zero-order valence-corrected chi connectivity index (χ0v) is 14.1. The summed E-state index contributed by atoms with van der Waals surface area (Å²) in [5.41, 5.74) is 0.524. The summed E-state index contributed by atoms with van der Waals surface area (Å²) in [5, 5.41) is 3.88. The minimum atomic E-state index is 0.449. The van der Waals surface area contributed by atoms with Crippen LogP contribution in [-0.4, -0.2) is 23.6 Å². The van der Waals surface area contributed by atoms with Crippen molar-refractivity contribution in [3.05, 3.63) is 0 Å². The Morgan fingerprint density at radius 3 is 2.28 bits per heavy atom. The fourth-order valence-electron chi connectivity index (χ4n) is 3.69. The Labute approximate surface area is 119 Å². The highest BCUT2D eigenvalue weighted by Gasteiger charge is 2.33. The maximum absolute atomic E-state index is 3.88. The monoisotopic (exact) mass is 271 g/mol. The molecular formula is C16H33NS. The number of rotatable bonds is 6. The molecule has 108 valence electrons. The van der Waals surface area contributed by atoms with Gasteiger partial charge in [0.25, 0.3) is 0 Å². The number of hydrogen-bond donors (Lipinski definition) is 1. The molecule has 0 heterocycles. The van der Waals surface area contributed by atoms with E-state index in [9.17, 15) is 0 Å². The SMILES string of the molecule is CCC(CC)(CNC1CC(C)CC(C)(C)C1)SC. The first kappa shape index (κ1) is 16.4. The van der Waals surface area contributed by atoms with E-state index < -0.39 is 0 Å². The Balaban J connectivity index is 2.52. The second-order valence-corrected chi connectivity index (χ2v) is 8.36. The van der Waals surface area contributed by atoms with E-state index in [2.05, 4.69) is 46.2 Å². The molecule has 0 aromatic rings. The third-order valence-corrected chi connectivity index (χ3v) is 6.41. The van der Waals surface area contributed by atoms with Gasteiger partial charge in [-0.25, -0.2) is 0 Å². The number of hydrogen-bond acceptors (Lipinski definition) is 2. The highest BCUT2D eigenvalue weighted by atomic mass is 32.2. The first-order valence-electron chi connectivity index (χ1n) is 7.65. The Morgan fingerprint density at radius 2 is 1.83 bits per heavy atom. The summed E-state index contributed by atoms with van der Waals surface area (Å²) in [6.45, 7) is 13.1. The molecule has 1 aliphatic carbocycles. The predicted molar refractivity (Wildman–Crippen MR) is 85.4 cm³/mol. The molecule has 18 heavy (non-hydrogen) atoms. The van der Waals surface area contributed by atoms with Crippen molar-refractivity contribution in [3.8, 4) is 0 Å². The van der Waals surface area contributed by atoms with E-state index in [1.54, 1.807) is 0 Å². The van der Waals surface area contributed by atoms with Crippen molar-refractivity contribution in [3.63, 3.8) is 0 Å². The van der Waals surface area contributed by atoms with Gasteiger partial charge in [0.05, 0.1) is 0 Å². The van der Waals surface area contributed by atoms with Crippen molar-refractivity contribution in [1.82, 2.24) is 5.32 Å². The number of thioether (sulfide) groups is 1. The van der Waals surface area contributed by atoms with Gasteiger partial charge in [0.2, 0.25) is 0 Å². The number of nitrogens with one attached hydrogen (secondary N) is 1. The van der Waals surface area contributed by atoms with Crippen LogP contribution in [0, 0.1) is 11.3 Å². The van der Waals surface area contributed by atoms with Gasteiger partial charge in [0, 0.05) is 17.3 Å². The first-order chi connectivity index (χ1) is 8.36. The zero-order valence-electron chi connectivity index (χ0n) is 13.3. The van der Waals surface area contributed by atoms with Crippen LogP contribution in [-0.2, 0) is 0 Å². The van der Waals surface area contributed by atoms with Crippen molar-refractivity contribution in [2.75, 3.05) is 12.8 Å². The van der Waals surface area contributed by atoms with E-state index in [1.807, 2.05) is 11.8 Å². The van der Waals surface area contributed by atoms with Crippen molar-refractivity contribution in [1.29, 1.82) is 0 Å². The normalized spacial score (nSPS) is 28.3. The third-order valence-electron chi connectivity index (χ3n) is 4.82. The van der Waals surface area contributed by atoms with Crippen molar-refractivity contribution in [2.45, 2.75) is 77.5 Å². The van der Waals surface area contributed by atoms with E-state index in [-0.39, 0.29) is 0 Å². The minimum absolute atomic E-state index is 0.449. The second-order valence-electron chi connectivity index (χ2n) is 7.09. The molecule has 1 rings (SSSR count). The van der Waals surface area contributed by atoms with Crippen LogP contribution in [0.5, 0.6) is 0 Å². The summed E-state index contributed by atoms with van der Waals surface area (Å²) in [4.78, 5) is 0. The summed E-state index contributed by atoms with van der Waals surface area (Å²) in [7, 11) is 0. The minimum Gasteiger partial charge on any atom is -0.313 e. The van der Waals surface area contributed by atoms with E-state index in [4.69, 9.17) is 0 Å². The van der Waals surface area contributed by atoms with Crippen LogP contribution in [0.3, 0.4) is 0 Å². The summed E-state index contributed by atoms with van der Waals surface area (Å²) in [6, 6.07) is 0.730. The molecule has 0 aliphatic heterocycles. The lowest BCUT2D eigenvalue weighted by molar-refractivity contribution is 0.149. The van der Waals surface area contributed by atoms with E-state index in [0.29, 0.717) is 10.2 Å². The summed E-state index contributed by atoms with van der Waals surface area (Å²) < 4.78 is 0.449. The molecule has 1 nitrogen and oxygen atoms in total. The lowest BCUT2D eigenvalue weighted by Gasteiger charge is -2.41. The molecule has 0 aromatic heterocycles. The summed E-state index contributed by atoms with van der Waals surface area (Å²) >= 11 is 2.04. The van der Waals surface area contributed by atoms with E-state index in [0.717, 1.165) is 12.0 Å². The quantitative estimate of drug-likeness (QED) is 0.750. The van der Waals surface area contributed by atoms with E-state index in [1.165, 1.54) is 38.6 Å². The van der Waals surface area contributed by atoms with Crippen LogP contribution < -0.4 is 5.32 Å². The molecular weight excluding hydrogens is 238 g/mol. The standard InChI is InChI=1S/C16H33NS/c1-7-16(8-2,18-6)12-17-14-9-13(3)10-15(4,5)11-14/h13-14,17H,7-12H2,1-6H3. The molecule has 0 bridgehead atoms. The maximum Gasteiger partial charge on any atom is 0.0276 e. The molecule has 1 N–H and O–H groups in total. The fourth-order valence-corrected chi connectivity index (χ4v) is 4.50. The first-order valence-corrected chi connectivity index (χ1v) is 8.87. The maximum atomic E-state index is 3.88. The van der Waals surface area contributed by atoms with Crippen molar-refractivity contribution >= 4 is 11.8 Å². The average Bonchev–Trinajstić information content (AvgIpc) is 2.29. The Morgan fingerprint density at radius 1 is 1.22 bits per heavy atom. The van der Waals surface area contributed by atoms with Crippen molar-refractivity contribution < 1.29 is 0 Å². The fraction of sp³-hybridized carbons (Fsp3) is 1.00. The van der Waals surface area contributed by atoms with Gasteiger partial charge in [-0.15, -0.1) is 0 Å². The van der Waals surface area contributed by atoms with Gasteiger partial charge in [0.15, 0.2) is 0 Å². The Bertz CT molecular complexity index is 237. The van der Waals surface area contributed by atoms with Crippen LogP contribution in [0.4, 0.5) is 0 Å². The second kappa shape index (κ2) is 6.65. The van der Waals surface area contributed by atoms with Gasteiger partial charge in [-0.05, 0) is 49.7 Å². The largest absolute Gasteiger partial charge is 0.313 e. The highest BCUT2D eigenvalue weighted by Crippen LogP contribution is 2.39. The molecule has 0 aromatic carbocycles.